The molecule has 1 atom stereocenters. The normalized spacial score (nSPS) is 20.5. The number of carbonyl (C=O) groups excluding carboxylic acids is 2. The first kappa shape index (κ1) is 20.1. The van der Waals surface area contributed by atoms with Crippen molar-refractivity contribution in [3.05, 3.63) is 57.8 Å². The topological polar surface area (TPSA) is 52.7 Å². The zero-order valence-electron chi connectivity index (χ0n) is 17.2. The quantitative estimate of drug-likeness (QED) is 0.823. The number of likely N-dealkylation sites (N-methyl/N-ethyl adjacent to an activating group) is 1. The van der Waals surface area contributed by atoms with Gasteiger partial charge in [0.15, 0.2) is 0 Å². The van der Waals surface area contributed by atoms with Crippen LogP contribution in [0, 0.1) is 0 Å². The SMILES string of the molecule is CN(C)C1(CNC(=O)C2CCCCN2C(=O)c2cccs2)Cc2ccccc2C1. The second-order valence-electron chi connectivity index (χ2n) is 8.45. The maximum absolute atomic E-state index is 13.2. The van der Waals surface area contributed by atoms with Crippen molar-refractivity contribution in [1.29, 1.82) is 0 Å². The molecular weight excluding hydrogens is 382 g/mol. The van der Waals surface area contributed by atoms with Gasteiger partial charge in [0.2, 0.25) is 5.91 Å². The molecule has 2 heterocycles. The van der Waals surface area contributed by atoms with Crippen LogP contribution in [0.4, 0.5) is 0 Å². The van der Waals surface area contributed by atoms with Crippen LogP contribution in [-0.4, -0.2) is 60.4 Å². The van der Waals surface area contributed by atoms with Crippen molar-refractivity contribution >= 4 is 23.2 Å². The van der Waals surface area contributed by atoms with E-state index in [1.165, 1.54) is 22.5 Å². The third-order valence-electron chi connectivity index (χ3n) is 6.50. The monoisotopic (exact) mass is 411 g/mol. The summed E-state index contributed by atoms with van der Waals surface area (Å²) in [6.45, 7) is 1.24. The molecule has 1 saturated heterocycles. The zero-order chi connectivity index (χ0) is 20.4. The van der Waals surface area contributed by atoms with E-state index in [1.807, 2.05) is 17.5 Å². The first-order valence-electron chi connectivity index (χ1n) is 10.4. The Morgan fingerprint density at radius 2 is 1.86 bits per heavy atom. The molecule has 6 heteroatoms. The van der Waals surface area contributed by atoms with Crippen molar-refractivity contribution in [2.24, 2.45) is 0 Å². The summed E-state index contributed by atoms with van der Waals surface area (Å²) in [5, 5.41) is 5.12. The van der Waals surface area contributed by atoms with Gasteiger partial charge in [0.25, 0.3) is 5.91 Å². The third-order valence-corrected chi connectivity index (χ3v) is 7.35. The summed E-state index contributed by atoms with van der Waals surface area (Å²) in [4.78, 5) is 30.8. The number of thiophene rings is 1. The van der Waals surface area contributed by atoms with Gasteiger partial charge in [-0.15, -0.1) is 11.3 Å². The lowest BCUT2D eigenvalue weighted by Crippen LogP contribution is -2.57. The molecule has 1 aromatic carbocycles. The van der Waals surface area contributed by atoms with Gasteiger partial charge in [0, 0.05) is 18.6 Å². The molecule has 1 unspecified atom stereocenters. The van der Waals surface area contributed by atoms with E-state index in [0.717, 1.165) is 32.1 Å². The Kier molecular flexibility index (Phi) is 5.74. The molecule has 1 N–H and O–H groups in total. The first-order chi connectivity index (χ1) is 14.0. The van der Waals surface area contributed by atoms with Crippen molar-refractivity contribution in [1.82, 2.24) is 15.1 Å². The molecule has 0 bridgehead atoms. The van der Waals surface area contributed by atoms with Crippen LogP contribution in [0.5, 0.6) is 0 Å². The summed E-state index contributed by atoms with van der Waals surface area (Å²) in [7, 11) is 4.18. The van der Waals surface area contributed by atoms with Crippen molar-refractivity contribution in [2.75, 3.05) is 27.2 Å². The summed E-state index contributed by atoms with van der Waals surface area (Å²) < 4.78 is 0. The molecule has 0 spiro atoms. The number of nitrogens with one attached hydrogen (secondary N) is 1. The van der Waals surface area contributed by atoms with Crippen LogP contribution in [0.1, 0.15) is 40.1 Å². The Morgan fingerprint density at radius 3 is 2.48 bits per heavy atom. The predicted molar refractivity (Wildman–Crippen MR) is 116 cm³/mol. The van der Waals surface area contributed by atoms with Gasteiger partial charge in [-0.05, 0) is 68.8 Å². The van der Waals surface area contributed by atoms with Gasteiger partial charge >= 0.3 is 0 Å². The van der Waals surface area contributed by atoms with E-state index in [0.29, 0.717) is 18.0 Å². The summed E-state index contributed by atoms with van der Waals surface area (Å²) in [5.74, 6) is -0.0396. The molecule has 4 rings (SSSR count). The number of fused-ring (bicyclic) bond motifs is 1. The zero-order valence-corrected chi connectivity index (χ0v) is 18.0. The number of hydrogen-bond donors (Lipinski definition) is 1. The highest BCUT2D eigenvalue weighted by atomic mass is 32.1. The number of carbonyl (C=O) groups is 2. The standard InChI is InChI=1S/C23H29N3O2S/c1-25(2)23(14-17-8-3-4-9-18(17)15-23)16-24-21(27)19-10-5-6-12-26(19)22(28)20-11-7-13-29-20/h3-4,7-9,11,13,19H,5-6,10,12,14-16H2,1-2H3,(H,24,27). The molecule has 1 aromatic heterocycles. The lowest BCUT2D eigenvalue weighted by atomic mass is 9.93. The fraction of sp³-hybridized carbons (Fsp3) is 0.478. The van der Waals surface area contributed by atoms with Crippen molar-refractivity contribution < 1.29 is 9.59 Å². The van der Waals surface area contributed by atoms with Gasteiger partial charge in [-0.3, -0.25) is 9.59 Å². The highest BCUT2D eigenvalue weighted by molar-refractivity contribution is 7.12. The van der Waals surface area contributed by atoms with E-state index in [4.69, 9.17) is 0 Å². The maximum Gasteiger partial charge on any atom is 0.264 e. The van der Waals surface area contributed by atoms with Crippen LogP contribution in [0.15, 0.2) is 41.8 Å². The van der Waals surface area contributed by atoms with E-state index in [-0.39, 0.29) is 23.4 Å². The highest BCUT2D eigenvalue weighted by Crippen LogP contribution is 2.33. The number of piperidine rings is 1. The Labute approximate surface area is 176 Å². The lowest BCUT2D eigenvalue weighted by molar-refractivity contribution is -0.127. The van der Waals surface area contributed by atoms with Crippen molar-refractivity contribution in [3.63, 3.8) is 0 Å². The van der Waals surface area contributed by atoms with Gasteiger partial charge < -0.3 is 15.1 Å². The maximum atomic E-state index is 13.2. The van der Waals surface area contributed by atoms with Gasteiger partial charge in [-0.2, -0.15) is 0 Å². The van der Waals surface area contributed by atoms with E-state index < -0.39 is 0 Å². The molecule has 1 aliphatic heterocycles. The fourth-order valence-corrected chi connectivity index (χ4v) is 5.31. The van der Waals surface area contributed by atoms with Crippen LogP contribution in [0.2, 0.25) is 0 Å². The van der Waals surface area contributed by atoms with Gasteiger partial charge in [-0.25, -0.2) is 0 Å². The van der Waals surface area contributed by atoms with Crippen LogP contribution in [-0.2, 0) is 17.6 Å². The number of likely N-dealkylation sites (tertiary alicyclic amines) is 1. The molecule has 1 fully saturated rings. The molecule has 2 amide bonds. The summed E-state index contributed by atoms with van der Waals surface area (Å²) in [6.07, 6.45) is 4.53. The summed E-state index contributed by atoms with van der Waals surface area (Å²) in [5.41, 5.74) is 2.61. The van der Waals surface area contributed by atoms with Crippen LogP contribution in [0.3, 0.4) is 0 Å². The Morgan fingerprint density at radius 1 is 1.14 bits per heavy atom. The number of benzene rings is 1. The second-order valence-corrected chi connectivity index (χ2v) is 9.39. The van der Waals surface area contributed by atoms with E-state index in [1.54, 1.807) is 4.90 Å². The molecule has 0 radical (unpaired) electrons. The van der Waals surface area contributed by atoms with E-state index in [2.05, 4.69) is 48.6 Å². The average molecular weight is 412 g/mol. The molecule has 1 aliphatic carbocycles. The summed E-state index contributed by atoms with van der Waals surface area (Å²) in [6, 6.07) is 11.9. The minimum atomic E-state index is -0.374. The minimum absolute atomic E-state index is 0.0181. The first-order valence-corrected chi connectivity index (χ1v) is 11.2. The predicted octanol–water partition coefficient (Wildman–Crippen LogP) is 2.96. The number of nitrogens with zero attached hydrogens (tertiary/aromatic N) is 2. The molecule has 154 valence electrons. The fourth-order valence-electron chi connectivity index (χ4n) is 4.63. The molecular formula is C23H29N3O2S. The molecule has 2 aromatic rings. The molecule has 2 aliphatic rings. The van der Waals surface area contributed by atoms with Gasteiger partial charge in [0.05, 0.1) is 4.88 Å². The number of rotatable bonds is 5. The Hall–Kier alpha value is -2.18. The minimum Gasteiger partial charge on any atom is -0.352 e. The van der Waals surface area contributed by atoms with Crippen molar-refractivity contribution in [2.45, 2.75) is 43.7 Å². The van der Waals surface area contributed by atoms with E-state index >= 15 is 0 Å². The number of hydrogen-bond acceptors (Lipinski definition) is 4. The lowest BCUT2D eigenvalue weighted by Gasteiger charge is -2.39. The smallest absolute Gasteiger partial charge is 0.264 e. The summed E-state index contributed by atoms with van der Waals surface area (Å²) >= 11 is 1.44. The van der Waals surface area contributed by atoms with Crippen LogP contribution >= 0.6 is 11.3 Å². The third kappa shape index (κ3) is 3.96. The van der Waals surface area contributed by atoms with Gasteiger partial charge in [-0.1, -0.05) is 30.3 Å². The van der Waals surface area contributed by atoms with Crippen LogP contribution < -0.4 is 5.32 Å². The molecule has 0 saturated carbocycles. The molecule has 29 heavy (non-hydrogen) atoms. The Balaban J connectivity index is 1.45. The largest absolute Gasteiger partial charge is 0.352 e. The number of amides is 2. The van der Waals surface area contributed by atoms with Crippen molar-refractivity contribution in [3.8, 4) is 0 Å². The van der Waals surface area contributed by atoms with Crippen LogP contribution in [0.25, 0.3) is 0 Å². The van der Waals surface area contributed by atoms with E-state index in [9.17, 15) is 9.59 Å². The molecule has 5 nitrogen and oxygen atoms in total. The average Bonchev–Trinajstić information content (AvgIpc) is 3.40. The van der Waals surface area contributed by atoms with Gasteiger partial charge in [0.1, 0.15) is 6.04 Å². The highest BCUT2D eigenvalue weighted by Gasteiger charge is 2.40. The Bertz CT molecular complexity index is 853. The second kappa shape index (κ2) is 8.28.